The van der Waals surface area contributed by atoms with Crippen molar-refractivity contribution in [2.45, 2.75) is 39.3 Å². The van der Waals surface area contributed by atoms with Crippen LogP contribution in [0.3, 0.4) is 0 Å². The van der Waals surface area contributed by atoms with Gasteiger partial charge in [0, 0.05) is 12.1 Å². The van der Waals surface area contributed by atoms with Crippen LogP contribution in [0.25, 0.3) is 0 Å². The minimum atomic E-state index is -0.791. The van der Waals surface area contributed by atoms with Gasteiger partial charge in [0.25, 0.3) is 0 Å². The molecule has 0 aliphatic rings. The summed E-state index contributed by atoms with van der Waals surface area (Å²) in [5.74, 6) is 0.0185. The van der Waals surface area contributed by atoms with E-state index in [-0.39, 0.29) is 18.6 Å². The van der Waals surface area contributed by atoms with Crippen molar-refractivity contribution in [2.75, 3.05) is 13.7 Å². The summed E-state index contributed by atoms with van der Waals surface area (Å²) in [6.45, 7) is 6.22. The number of benzene rings is 1. The molecule has 0 amide bonds. The molecule has 0 aliphatic heterocycles. The van der Waals surface area contributed by atoms with Gasteiger partial charge < -0.3 is 9.84 Å². The zero-order valence-electron chi connectivity index (χ0n) is 12.1. The fourth-order valence-electron chi connectivity index (χ4n) is 2.14. The maximum absolute atomic E-state index is 11.0. The van der Waals surface area contributed by atoms with Gasteiger partial charge in [0.15, 0.2) is 0 Å². The fourth-order valence-corrected chi connectivity index (χ4v) is 2.14. The van der Waals surface area contributed by atoms with E-state index in [1.165, 1.54) is 0 Å². The van der Waals surface area contributed by atoms with Crippen LogP contribution in [0, 0.1) is 0 Å². The van der Waals surface area contributed by atoms with E-state index in [4.69, 9.17) is 9.84 Å². The molecule has 2 unspecified atom stereocenters. The highest BCUT2D eigenvalue weighted by atomic mass is 16.5. The summed E-state index contributed by atoms with van der Waals surface area (Å²) in [4.78, 5) is 13.0. The van der Waals surface area contributed by atoms with E-state index in [2.05, 4.69) is 13.8 Å². The van der Waals surface area contributed by atoms with E-state index in [9.17, 15) is 4.79 Å². The summed E-state index contributed by atoms with van der Waals surface area (Å²) in [6, 6.07) is 8.08. The van der Waals surface area contributed by atoms with Crippen LogP contribution < -0.4 is 4.74 Å². The maximum Gasteiger partial charge on any atom is 0.317 e. The van der Waals surface area contributed by atoms with Crippen LogP contribution >= 0.6 is 0 Å². The van der Waals surface area contributed by atoms with Gasteiger partial charge in [-0.1, -0.05) is 19.1 Å². The Balaban J connectivity index is 2.90. The Labute approximate surface area is 115 Å². The summed E-state index contributed by atoms with van der Waals surface area (Å²) in [7, 11) is 1.63. The van der Waals surface area contributed by atoms with Crippen molar-refractivity contribution in [1.29, 1.82) is 0 Å². The summed E-state index contributed by atoms with van der Waals surface area (Å²) in [5.41, 5.74) is 1.10. The molecule has 4 nitrogen and oxygen atoms in total. The fraction of sp³-hybridized carbons (Fsp3) is 0.533. The van der Waals surface area contributed by atoms with Gasteiger partial charge in [0.05, 0.1) is 13.7 Å². The Morgan fingerprint density at radius 1 is 1.32 bits per heavy atom. The average Bonchev–Trinajstić information content (AvgIpc) is 2.43. The van der Waals surface area contributed by atoms with E-state index in [0.29, 0.717) is 0 Å². The van der Waals surface area contributed by atoms with Crippen LogP contribution in [0.1, 0.15) is 38.8 Å². The van der Waals surface area contributed by atoms with E-state index < -0.39 is 5.97 Å². The number of carboxylic acids is 1. The molecule has 106 valence electrons. The highest BCUT2D eigenvalue weighted by Gasteiger charge is 2.22. The number of carboxylic acid groups (broad SMARTS) is 1. The SMILES string of the molecule is CCC(C)N(CC(=O)O)C(C)c1ccc(OC)cc1. The van der Waals surface area contributed by atoms with Gasteiger partial charge in [-0.25, -0.2) is 0 Å². The molecule has 0 aliphatic carbocycles. The first-order chi connectivity index (χ1) is 8.99. The van der Waals surface area contributed by atoms with Gasteiger partial charge in [-0.2, -0.15) is 0 Å². The first-order valence-corrected chi connectivity index (χ1v) is 6.61. The summed E-state index contributed by atoms with van der Waals surface area (Å²) in [5, 5.41) is 9.04. The van der Waals surface area contributed by atoms with Crippen molar-refractivity contribution in [2.24, 2.45) is 0 Å². The number of carbonyl (C=O) groups is 1. The second-order valence-corrected chi connectivity index (χ2v) is 4.77. The lowest BCUT2D eigenvalue weighted by atomic mass is 10.0. The molecule has 1 aromatic carbocycles. The Bertz CT molecular complexity index is 402. The number of rotatable bonds is 7. The van der Waals surface area contributed by atoms with Gasteiger partial charge in [-0.05, 0) is 38.0 Å². The van der Waals surface area contributed by atoms with Crippen molar-refractivity contribution in [3.8, 4) is 5.75 Å². The van der Waals surface area contributed by atoms with Gasteiger partial charge >= 0.3 is 5.97 Å². The maximum atomic E-state index is 11.0. The molecule has 19 heavy (non-hydrogen) atoms. The summed E-state index contributed by atoms with van der Waals surface area (Å²) in [6.07, 6.45) is 0.924. The van der Waals surface area contributed by atoms with Gasteiger partial charge in [-0.15, -0.1) is 0 Å². The monoisotopic (exact) mass is 265 g/mol. The third-order valence-electron chi connectivity index (χ3n) is 3.57. The molecule has 0 fully saturated rings. The van der Waals surface area contributed by atoms with Gasteiger partial charge in [0.2, 0.25) is 0 Å². The molecule has 2 atom stereocenters. The van der Waals surface area contributed by atoms with Crippen LogP contribution in [-0.2, 0) is 4.79 Å². The smallest absolute Gasteiger partial charge is 0.317 e. The zero-order chi connectivity index (χ0) is 14.4. The predicted octanol–water partition coefficient (Wildman–Crippen LogP) is 2.94. The lowest BCUT2D eigenvalue weighted by molar-refractivity contribution is -0.139. The van der Waals surface area contributed by atoms with Crippen LogP contribution in [-0.4, -0.2) is 35.7 Å². The van der Waals surface area contributed by atoms with Crippen LogP contribution in [0.2, 0.25) is 0 Å². The molecule has 0 bridgehead atoms. The minimum Gasteiger partial charge on any atom is -0.497 e. The van der Waals surface area contributed by atoms with Crippen LogP contribution in [0.4, 0.5) is 0 Å². The third kappa shape index (κ3) is 4.24. The normalized spacial score (nSPS) is 14.2. The number of hydrogen-bond acceptors (Lipinski definition) is 3. The number of nitrogens with zero attached hydrogens (tertiary/aromatic N) is 1. The Morgan fingerprint density at radius 2 is 1.89 bits per heavy atom. The van der Waals surface area contributed by atoms with E-state index in [1.807, 2.05) is 36.1 Å². The van der Waals surface area contributed by atoms with Crippen molar-refractivity contribution in [1.82, 2.24) is 4.90 Å². The lowest BCUT2D eigenvalue weighted by Gasteiger charge is -2.33. The quantitative estimate of drug-likeness (QED) is 0.823. The first-order valence-electron chi connectivity index (χ1n) is 6.61. The number of hydrogen-bond donors (Lipinski definition) is 1. The van der Waals surface area contributed by atoms with Gasteiger partial charge in [0.1, 0.15) is 5.75 Å². The summed E-state index contributed by atoms with van der Waals surface area (Å²) >= 11 is 0. The summed E-state index contributed by atoms with van der Waals surface area (Å²) < 4.78 is 5.13. The molecular formula is C15H23NO3. The zero-order valence-corrected chi connectivity index (χ0v) is 12.1. The Kier molecular flexibility index (Phi) is 5.83. The Morgan fingerprint density at radius 3 is 2.32 bits per heavy atom. The highest BCUT2D eigenvalue weighted by Crippen LogP contribution is 2.25. The van der Waals surface area contributed by atoms with Crippen LogP contribution in [0.15, 0.2) is 24.3 Å². The third-order valence-corrected chi connectivity index (χ3v) is 3.57. The standard InChI is InChI=1S/C15H23NO3/c1-5-11(2)16(10-15(17)18)12(3)13-6-8-14(19-4)9-7-13/h6-9,11-12H,5,10H2,1-4H3,(H,17,18). The highest BCUT2D eigenvalue weighted by molar-refractivity contribution is 5.69. The van der Waals surface area contributed by atoms with E-state index in [1.54, 1.807) is 7.11 Å². The molecule has 0 radical (unpaired) electrons. The first kappa shape index (κ1) is 15.5. The molecule has 0 heterocycles. The van der Waals surface area contributed by atoms with Crippen molar-refractivity contribution in [3.05, 3.63) is 29.8 Å². The predicted molar refractivity (Wildman–Crippen MR) is 75.5 cm³/mol. The number of methoxy groups -OCH3 is 1. The van der Waals surface area contributed by atoms with E-state index >= 15 is 0 Å². The molecular weight excluding hydrogens is 242 g/mol. The van der Waals surface area contributed by atoms with Crippen molar-refractivity contribution >= 4 is 5.97 Å². The molecule has 0 saturated carbocycles. The molecule has 1 aromatic rings. The molecule has 1 rings (SSSR count). The lowest BCUT2D eigenvalue weighted by Crippen LogP contribution is -2.39. The number of aliphatic carboxylic acids is 1. The van der Waals surface area contributed by atoms with Crippen molar-refractivity contribution in [3.63, 3.8) is 0 Å². The topological polar surface area (TPSA) is 49.8 Å². The van der Waals surface area contributed by atoms with Gasteiger partial charge in [-0.3, -0.25) is 9.69 Å². The molecule has 0 spiro atoms. The Hall–Kier alpha value is -1.55. The second-order valence-electron chi connectivity index (χ2n) is 4.77. The van der Waals surface area contributed by atoms with Crippen LogP contribution in [0.5, 0.6) is 5.75 Å². The largest absolute Gasteiger partial charge is 0.497 e. The average molecular weight is 265 g/mol. The molecule has 0 aromatic heterocycles. The minimum absolute atomic E-state index is 0.0577. The molecule has 4 heteroatoms. The molecule has 1 N–H and O–H groups in total. The number of ether oxygens (including phenoxy) is 1. The van der Waals surface area contributed by atoms with Crippen molar-refractivity contribution < 1.29 is 14.6 Å². The molecule has 0 saturated heterocycles. The van der Waals surface area contributed by atoms with E-state index in [0.717, 1.165) is 17.7 Å². The second kappa shape index (κ2) is 7.14.